The monoisotopic (exact) mass is 365 g/mol. The molecule has 0 aliphatic carbocycles. The highest BCUT2D eigenvalue weighted by Gasteiger charge is 2.27. The molecule has 128 valence electrons. The molecule has 5 nitrogen and oxygen atoms in total. The summed E-state index contributed by atoms with van der Waals surface area (Å²) in [7, 11) is -3.56. The highest BCUT2D eigenvalue weighted by atomic mass is 35.5. The number of aromatic nitrogens is 1. The first-order valence-electron chi connectivity index (χ1n) is 7.65. The number of hydrogen-bond donors (Lipinski definition) is 1. The van der Waals surface area contributed by atoms with Gasteiger partial charge in [-0.05, 0) is 26.0 Å². The highest BCUT2D eigenvalue weighted by Crippen LogP contribution is 2.28. The second kappa shape index (κ2) is 7.95. The van der Waals surface area contributed by atoms with Gasteiger partial charge in [0, 0.05) is 42.8 Å². The molecule has 0 radical (unpaired) electrons. The molecular weight excluding hydrogens is 346 g/mol. The van der Waals surface area contributed by atoms with Crippen molar-refractivity contribution in [1.82, 2.24) is 14.6 Å². The molecule has 0 bridgehead atoms. The number of nitrogens with zero attached hydrogens (tertiary/aromatic N) is 2. The Morgan fingerprint density at radius 2 is 2.04 bits per heavy atom. The van der Waals surface area contributed by atoms with Crippen molar-refractivity contribution in [3.63, 3.8) is 0 Å². The molecule has 2 aromatic rings. The normalized spacial score (nSPS) is 15.9. The van der Waals surface area contributed by atoms with Gasteiger partial charge in [0.1, 0.15) is 0 Å². The van der Waals surface area contributed by atoms with Crippen LogP contribution in [0.5, 0.6) is 0 Å². The van der Waals surface area contributed by atoms with Gasteiger partial charge in [-0.25, -0.2) is 8.42 Å². The second-order valence-corrected chi connectivity index (χ2v) is 7.33. The van der Waals surface area contributed by atoms with Crippen LogP contribution in [0.4, 0.5) is 0 Å². The van der Waals surface area contributed by atoms with Crippen LogP contribution in [0.15, 0.2) is 35.5 Å². The van der Waals surface area contributed by atoms with Crippen LogP contribution in [0, 0.1) is 11.8 Å². The summed E-state index contributed by atoms with van der Waals surface area (Å²) in [6, 6.07) is 5.29. The van der Waals surface area contributed by atoms with E-state index in [1.807, 2.05) is 6.07 Å². The fourth-order valence-corrected chi connectivity index (χ4v) is 4.56. The number of benzene rings is 1. The molecule has 0 spiro atoms. The topological polar surface area (TPSA) is 62.3 Å². The number of nitrogens with one attached hydrogen (secondary N) is 1. The summed E-state index contributed by atoms with van der Waals surface area (Å²) < 4.78 is 27.8. The van der Waals surface area contributed by atoms with Gasteiger partial charge < -0.3 is 5.32 Å². The van der Waals surface area contributed by atoms with Gasteiger partial charge in [0.05, 0.1) is 10.5 Å². The molecule has 3 rings (SSSR count). The van der Waals surface area contributed by atoms with Gasteiger partial charge in [-0.1, -0.05) is 18.1 Å². The van der Waals surface area contributed by atoms with E-state index in [2.05, 4.69) is 22.1 Å². The first kappa shape index (κ1) is 18.7. The van der Waals surface area contributed by atoms with Crippen LogP contribution in [0.1, 0.15) is 18.9 Å². The molecule has 1 aliphatic rings. The molecule has 1 N–H and O–H groups in total. The maximum absolute atomic E-state index is 13.1. The molecule has 0 unspecified atom stereocenters. The Labute approximate surface area is 148 Å². The van der Waals surface area contributed by atoms with Crippen molar-refractivity contribution >= 4 is 33.2 Å². The first-order chi connectivity index (χ1) is 11.1. The summed E-state index contributed by atoms with van der Waals surface area (Å²) in [6.45, 7) is 4.27. The van der Waals surface area contributed by atoms with E-state index >= 15 is 0 Å². The predicted octanol–water partition coefficient (Wildman–Crippen LogP) is 2.01. The highest BCUT2D eigenvalue weighted by molar-refractivity contribution is 7.89. The molecule has 24 heavy (non-hydrogen) atoms. The average molecular weight is 366 g/mol. The van der Waals surface area contributed by atoms with Crippen molar-refractivity contribution in [2.24, 2.45) is 0 Å². The van der Waals surface area contributed by atoms with Crippen molar-refractivity contribution in [2.75, 3.05) is 26.2 Å². The zero-order valence-electron chi connectivity index (χ0n) is 13.4. The van der Waals surface area contributed by atoms with Crippen molar-refractivity contribution in [2.45, 2.75) is 18.2 Å². The van der Waals surface area contributed by atoms with E-state index < -0.39 is 10.0 Å². The maximum atomic E-state index is 13.1. The van der Waals surface area contributed by atoms with E-state index in [4.69, 9.17) is 0 Å². The Hall–Kier alpha value is -1.65. The SMILES string of the molecule is CC#Cc1cncc2cccc(S(=O)(=O)N3CCCNCC3)c12.Cl. The summed E-state index contributed by atoms with van der Waals surface area (Å²) in [5.41, 5.74) is 0.650. The minimum atomic E-state index is -3.56. The third-order valence-electron chi connectivity index (χ3n) is 3.92. The summed E-state index contributed by atoms with van der Waals surface area (Å²) in [5.74, 6) is 5.81. The Morgan fingerprint density at radius 3 is 2.83 bits per heavy atom. The zero-order chi connectivity index (χ0) is 16.3. The van der Waals surface area contributed by atoms with Crippen molar-refractivity contribution in [1.29, 1.82) is 0 Å². The van der Waals surface area contributed by atoms with Crippen molar-refractivity contribution < 1.29 is 8.42 Å². The molecule has 0 saturated carbocycles. The van der Waals surface area contributed by atoms with Gasteiger partial charge in [-0.2, -0.15) is 4.31 Å². The molecule has 1 aromatic heterocycles. The average Bonchev–Trinajstić information content (AvgIpc) is 2.84. The lowest BCUT2D eigenvalue weighted by Crippen LogP contribution is -2.34. The van der Waals surface area contributed by atoms with Gasteiger partial charge in [-0.3, -0.25) is 4.98 Å². The van der Waals surface area contributed by atoms with E-state index in [0.717, 1.165) is 18.4 Å². The number of rotatable bonds is 2. The predicted molar refractivity (Wildman–Crippen MR) is 97.8 cm³/mol. The maximum Gasteiger partial charge on any atom is 0.243 e. The van der Waals surface area contributed by atoms with Crippen LogP contribution in [-0.4, -0.2) is 43.9 Å². The van der Waals surface area contributed by atoms with Crippen LogP contribution in [-0.2, 0) is 10.0 Å². The number of pyridine rings is 1. The van der Waals surface area contributed by atoms with Crippen LogP contribution in [0.3, 0.4) is 0 Å². The van der Waals surface area contributed by atoms with E-state index in [-0.39, 0.29) is 12.4 Å². The molecular formula is C17H20ClN3O2S. The summed E-state index contributed by atoms with van der Waals surface area (Å²) in [6.07, 6.45) is 4.12. The lowest BCUT2D eigenvalue weighted by atomic mass is 10.1. The fourth-order valence-electron chi connectivity index (χ4n) is 2.85. The Morgan fingerprint density at radius 1 is 1.21 bits per heavy atom. The van der Waals surface area contributed by atoms with Crippen molar-refractivity contribution in [3.8, 4) is 11.8 Å². The number of hydrogen-bond acceptors (Lipinski definition) is 4. The van der Waals surface area contributed by atoms with Crippen LogP contribution >= 0.6 is 12.4 Å². The smallest absolute Gasteiger partial charge is 0.243 e. The van der Waals surface area contributed by atoms with Gasteiger partial charge in [-0.15, -0.1) is 18.3 Å². The summed E-state index contributed by atoms with van der Waals surface area (Å²) >= 11 is 0. The summed E-state index contributed by atoms with van der Waals surface area (Å²) in [4.78, 5) is 4.48. The minimum absolute atomic E-state index is 0. The molecule has 1 aromatic carbocycles. The quantitative estimate of drug-likeness (QED) is 0.827. The number of halogens is 1. The molecule has 1 saturated heterocycles. The second-order valence-electron chi connectivity index (χ2n) is 5.42. The lowest BCUT2D eigenvalue weighted by molar-refractivity contribution is 0.432. The standard InChI is InChI=1S/C17H19N3O2S.ClH/c1-2-5-14-12-19-13-15-6-3-7-16(17(14)15)23(21,22)20-10-4-8-18-9-11-20;/h3,6-7,12-13,18H,4,8-11H2,1H3;1H. The largest absolute Gasteiger partial charge is 0.315 e. The van der Waals surface area contributed by atoms with Gasteiger partial charge in [0.15, 0.2) is 0 Å². The fraction of sp³-hybridized carbons (Fsp3) is 0.353. The molecule has 0 atom stereocenters. The van der Waals surface area contributed by atoms with Crippen LogP contribution in [0.2, 0.25) is 0 Å². The molecule has 2 heterocycles. The van der Waals surface area contributed by atoms with E-state index in [0.29, 0.717) is 35.5 Å². The van der Waals surface area contributed by atoms with Crippen molar-refractivity contribution in [3.05, 3.63) is 36.2 Å². The third-order valence-corrected chi connectivity index (χ3v) is 5.86. The van der Waals surface area contributed by atoms with E-state index in [9.17, 15) is 8.42 Å². The minimum Gasteiger partial charge on any atom is -0.315 e. The Balaban J connectivity index is 0.00000208. The molecule has 1 fully saturated rings. The summed E-state index contributed by atoms with van der Waals surface area (Å²) in [5, 5.41) is 4.68. The molecule has 7 heteroatoms. The van der Waals surface area contributed by atoms with Gasteiger partial charge in [0.2, 0.25) is 10.0 Å². The zero-order valence-corrected chi connectivity index (χ0v) is 15.1. The number of fused-ring (bicyclic) bond motifs is 1. The lowest BCUT2D eigenvalue weighted by Gasteiger charge is -2.21. The first-order valence-corrected chi connectivity index (χ1v) is 9.09. The van der Waals surface area contributed by atoms with Crippen LogP contribution < -0.4 is 5.32 Å². The Kier molecular flexibility index (Phi) is 6.19. The van der Waals surface area contributed by atoms with E-state index in [1.54, 1.807) is 35.8 Å². The Bertz CT molecular complexity index is 874. The third kappa shape index (κ3) is 3.55. The molecule has 0 amide bonds. The van der Waals surface area contributed by atoms with E-state index in [1.165, 1.54) is 0 Å². The number of sulfonamides is 1. The van der Waals surface area contributed by atoms with Gasteiger partial charge >= 0.3 is 0 Å². The molecule has 1 aliphatic heterocycles. The van der Waals surface area contributed by atoms with Gasteiger partial charge in [0.25, 0.3) is 0 Å². The van der Waals surface area contributed by atoms with Crippen LogP contribution in [0.25, 0.3) is 10.8 Å².